The first-order chi connectivity index (χ1) is 17.5. The third-order valence-corrected chi connectivity index (χ3v) is 7.68. The highest BCUT2D eigenvalue weighted by molar-refractivity contribution is 7.99. The number of ether oxygens (including phenoxy) is 2. The molecule has 36 heavy (non-hydrogen) atoms. The van der Waals surface area contributed by atoms with E-state index in [1.807, 2.05) is 12.1 Å². The maximum Gasteiger partial charge on any atom is 0.193 e. The number of benzene rings is 1. The average Bonchev–Trinajstić information content (AvgIpc) is 3.69. The quantitative estimate of drug-likeness (QED) is 0.303. The molecule has 0 bridgehead atoms. The minimum Gasteiger partial charge on any atom is -0.388 e. The molecular formula is C23H23ClN6O5S. The molecule has 188 valence electrons. The summed E-state index contributed by atoms with van der Waals surface area (Å²) in [6, 6.07) is 9.22. The Kier molecular flexibility index (Phi) is 6.32. The molecule has 0 saturated carbocycles. The number of hydrogen-bond acceptors (Lipinski definition) is 11. The summed E-state index contributed by atoms with van der Waals surface area (Å²) in [5.74, 6) is 0.780. The largest absolute Gasteiger partial charge is 0.388 e. The monoisotopic (exact) mass is 530 g/mol. The van der Waals surface area contributed by atoms with Crippen molar-refractivity contribution in [3.8, 4) is 11.3 Å². The molecular weight excluding hydrogens is 508 g/mol. The number of thioether (sulfide) groups is 1. The van der Waals surface area contributed by atoms with Gasteiger partial charge in [-0.1, -0.05) is 40.7 Å². The van der Waals surface area contributed by atoms with Crippen molar-refractivity contribution in [3.05, 3.63) is 48.0 Å². The molecule has 5 heterocycles. The third-order valence-electron chi connectivity index (χ3n) is 6.39. The molecule has 2 aliphatic rings. The van der Waals surface area contributed by atoms with Gasteiger partial charge in [-0.25, -0.2) is 15.0 Å². The van der Waals surface area contributed by atoms with Gasteiger partial charge in [-0.05, 0) is 18.6 Å². The molecule has 0 amide bonds. The van der Waals surface area contributed by atoms with E-state index < -0.39 is 17.9 Å². The first-order valence-corrected chi connectivity index (χ1v) is 12.8. The fraction of sp³-hybridized carbons (Fsp3) is 0.391. The highest BCUT2D eigenvalue weighted by atomic mass is 35.5. The average molecular weight is 531 g/mol. The number of aliphatic hydroxyl groups is 2. The van der Waals surface area contributed by atoms with Crippen LogP contribution in [-0.4, -0.2) is 78.7 Å². The molecule has 3 N–H and O–H groups in total. The van der Waals surface area contributed by atoms with E-state index in [9.17, 15) is 10.2 Å². The smallest absolute Gasteiger partial charge is 0.193 e. The Hall–Kier alpha value is -2.74. The highest BCUT2D eigenvalue weighted by Gasteiger charge is 2.51. The van der Waals surface area contributed by atoms with Crippen LogP contribution in [0.1, 0.15) is 6.42 Å². The van der Waals surface area contributed by atoms with Crippen molar-refractivity contribution in [3.63, 3.8) is 0 Å². The van der Waals surface area contributed by atoms with Crippen molar-refractivity contribution in [1.82, 2.24) is 24.7 Å². The lowest BCUT2D eigenvalue weighted by molar-refractivity contribution is -0.103. The van der Waals surface area contributed by atoms with E-state index in [1.54, 1.807) is 29.1 Å². The topological polar surface area (TPSA) is 141 Å². The van der Waals surface area contributed by atoms with Gasteiger partial charge in [0.1, 0.15) is 24.2 Å². The van der Waals surface area contributed by atoms with Gasteiger partial charge in [0.2, 0.25) is 0 Å². The molecule has 0 spiro atoms. The van der Waals surface area contributed by atoms with Crippen molar-refractivity contribution in [2.24, 2.45) is 0 Å². The Balaban J connectivity index is 1.29. The molecule has 0 radical (unpaired) electrons. The zero-order valence-electron chi connectivity index (χ0n) is 19.0. The van der Waals surface area contributed by atoms with Gasteiger partial charge in [0.05, 0.1) is 31.3 Å². The number of fused-ring (bicyclic) bond motifs is 1. The number of hydrogen-bond donors (Lipinski definition) is 3. The van der Waals surface area contributed by atoms with Gasteiger partial charge in [-0.3, -0.25) is 4.57 Å². The van der Waals surface area contributed by atoms with Crippen LogP contribution in [0.5, 0.6) is 0 Å². The normalized spacial score (nSPS) is 26.1. The molecule has 2 saturated heterocycles. The number of aromatic nitrogens is 5. The third kappa shape index (κ3) is 4.23. The molecule has 11 nitrogen and oxygen atoms in total. The summed E-state index contributed by atoms with van der Waals surface area (Å²) < 4.78 is 18.7. The minimum atomic E-state index is -1.34. The van der Waals surface area contributed by atoms with Gasteiger partial charge in [0.15, 0.2) is 27.8 Å². The Morgan fingerprint density at radius 3 is 2.78 bits per heavy atom. The second kappa shape index (κ2) is 9.61. The van der Waals surface area contributed by atoms with Crippen LogP contribution < -0.4 is 5.32 Å². The van der Waals surface area contributed by atoms with Crippen LogP contribution in [0, 0.1) is 0 Å². The standard InChI is InChI=1S/C23H23ClN6O5S/c24-14-3-1-13(2-4-14)16-7-18(35-29-16)36-10-23(20(32)17(31)9-34-23)30-12-27-19-21(25-11-26-22(19)30)28-15-5-6-33-8-15/h1-4,7,11-12,15,17,20,31-32H,5-6,8-10H2,(H,25,26,28)/t15?,17-,20+,23-/m0/s1. The molecule has 13 heteroatoms. The maximum absolute atomic E-state index is 11.1. The number of nitrogens with zero attached hydrogens (tertiary/aromatic N) is 5. The fourth-order valence-corrected chi connectivity index (χ4v) is 5.59. The fourth-order valence-electron chi connectivity index (χ4n) is 4.43. The number of nitrogens with one attached hydrogen (secondary N) is 1. The van der Waals surface area contributed by atoms with Crippen LogP contribution in [-0.2, 0) is 15.2 Å². The SMILES string of the molecule is O[C@@H]1[C@@H](O)CO[C@]1(CSc1cc(-c2ccc(Cl)cc2)no1)n1cnc2c(NC3CCOC3)ncnc21. The summed E-state index contributed by atoms with van der Waals surface area (Å²) >= 11 is 7.28. The molecule has 0 aliphatic carbocycles. The molecule has 4 atom stereocenters. The number of imidazole rings is 1. The number of anilines is 1. The molecule has 1 aromatic carbocycles. The van der Waals surface area contributed by atoms with Gasteiger partial charge < -0.3 is 29.5 Å². The molecule has 2 fully saturated rings. The van der Waals surface area contributed by atoms with Gasteiger partial charge in [0.25, 0.3) is 0 Å². The van der Waals surface area contributed by atoms with Crippen molar-refractivity contribution in [2.75, 3.05) is 30.9 Å². The number of rotatable bonds is 7. The van der Waals surface area contributed by atoms with E-state index in [1.165, 1.54) is 18.1 Å². The lowest BCUT2D eigenvalue weighted by Gasteiger charge is -2.32. The summed E-state index contributed by atoms with van der Waals surface area (Å²) in [5.41, 5.74) is 1.19. The number of aliphatic hydroxyl groups excluding tert-OH is 2. The summed E-state index contributed by atoms with van der Waals surface area (Å²) in [4.78, 5) is 13.3. The second-order valence-electron chi connectivity index (χ2n) is 8.71. The van der Waals surface area contributed by atoms with Crippen LogP contribution in [0.2, 0.25) is 5.02 Å². The Bertz CT molecular complexity index is 1360. The Labute approximate surface area is 214 Å². The lowest BCUT2D eigenvalue weighted by Crippen LogP contribution is -2.47. The van der Waals surface area contributed by atoms with Gasteiger partial charge in [-0.2, -0.15) is 0 Å². The van der Waals surface area contributed by atoms with E-state index in [4.69, 9.17) is 25.6 Å². The predicted molar refractivity (Wildman–Crippen MR) is 132 cm³/mol. The van der Waals surface area contributed by atoms with Crippen LogP contribution in [0.4, 0.5) is 5.82 Å². The summed E-state index contributed by atoms with van der Waals surface area (Å²) in [7, 11) is 0. The first-order valence-electron chi connectivity index (χ1n) is 11.4. The van der Waals surface area contributed by atoms with E-state index in [-0.39, 0.29) is 18.4 Å². The minimum absolute atomic E-state index is 0.0383. The summed E-state index contributed by atoms with van der Waals surface area (Å²) in [6.07, 6.45) is 1.56. The van der Waals surface area contributed by atoms with Crippen molar-refractivity contribution >= 4 is 40.3 Å². The predicted octanol–water partition coefficient (Wildman–Crippen LogP) is 2.53. The van der Waals surface area contributed by atoms with Gasteiger partial charge >= 0.3 is 0 Å². The maximum atomic E-state index is 11.1. The van der Waals surface area contributed by atoms with Crippen LogP contribution in [0.3, 0.4) is 0 Å². The number of halogens is 1. The second-order valence-corrected chi connectivity index (χ2v) is 10.1. The lowest BCUT2D eigenvalue weighted by atomic mass is 10.1. The first kappa shape index (κ1) is 23.6. The van der Waals surface area contributed by atoms with E-state index in [2.05, 4.69) is 25.4 Å². The van der Waals surface area contributed by atoms with E-state index in [0.717, 1.165) is 12.0 Å². The zero-order valence-corrected chi connectivity index (χ0v) is 20.5. The molecule has 2 aliphatic heterocycles. The van der Waals surface area contributed by atoms with Crippen molar-refractivity contribution in [2.45, 2.75) is 35.5 Å². The van der Waals surface area contributed by atoms with Crippen LogP contribution in [0.15, 0.2) is 52.6 Å². The molecule has 3 aromatic heterocycles. The summed E-state index contributed by atoms with van der Waals surface area (Å²) in [5, 5.41) is 30.1. The van der Waals surface area contributed by atoms with Crippen LogP contribution in [0.25, 0.3) is 22.4 Å². The Morgan fingerprint density at radius 2 is 2.03 bits per heavy atom. The highest BCUT2D eigenvalue weighted by Crippen LogP contribution is 2.40. The molecule has 1 unspecified atom stereocenters. The summed E-state index contributed by atoms with van der Waals surface area (Å²) in [6.45, 7) is 1.25. The van der Waals surface area contributed by atoms with Gasteiger partial charge in [-0.15, -0.1) is 0 Å². The van der Waals surface area contributed by atoms with E-state index in [0.29, 0.717) is 46.0 Å². The zero-order chi connectivity index (χ0) is 24.7. The van der Waals surface area contributed by atoms with Gasteiger partial charge in [0, 0.05) is 23.3 Å². The Morgan fingerprint density at radius 1 is 1.17 bits per heavy atom. The van der Waals surface area contributed by atoms with Crippen LogP contribution >= 0.6 is 23.4 Å². The molecule has 4 aromatic rings. The van der Waals surface area contributed by atoms with Crippen molar-refractivity contribution < 1.29 is 24.2 Å². The van der Waals surface area contributed by atoms with Crippen molar-refractivity contribution in [1.29, 1.82) is 0 Å². The molecule has 6 rings (SSSR count). The van der Waals surface area contributed by atoms with E-state index >= 15 is 0 Å².